The first-order chi connectivity index (χ1) is 9.45. The Morgan fingerprint density at radius 1 is 1.30 bits per heavy atom. The van der Waals surface area contributed by atoms with Crippen molar-refractivity contribution < 1.29 is 9.59 Å². The average Bonchev–Trinajstić information content (AvgIpc) is 2.44. The van der Waals surface area contributed by atoms with E-state index in [1.807, 2.05) is 18.7 Å². The van der Waals surface area contributed by atoms with Gasteiger partial charge in [-0.3, -0.25) is 14.5 Å². The minimum atomic E-state index is -0.433. The molecule has 2 amide bonds. The van der Waals surface area contributed by atoms with Gasteiger partial charge in [-0.25, -0.2) is 0 Å². The maximum Gasteiger partial charge on any atom is 0.239 e. The van der Waals surface area contributed by atoms with Crippen molar-refractivity contribution >= 4 is 11.8 Å². The molecule has 1 atom stereocenters. The first-order valence-corrected chi connectivity index (χ1v) is 7.10. The molecule has 0 saturated carbocycles. The van der Waals surface area contributed by atoms with Crippen LogP contribution in [0, 0.1) is 5.92 Å². The molecule has 1 rings (SSSR count). The van der Waals surface area contributed by atoms with E-state index in [1.165, 1.54) is 0 Å². The molecule has 20 heavy (non-hydrogen) atoms. The third kappa shape index (κ3) is 4.94. The lowest BCUT2D eigenvalue weighted by Crippen LogP contribution is -2.55. The van der Waals surface area contributed by atoms with Crippen LogP contribution in [0.5, 0.6) is 0 Å². The van der Waals surface area contributed by atoms with E-state index in [-0.39, 0.29) is 17.7 Å². The molecule has 1 fully saturated rings. The highest BCUT2D eigenvalue weighted by Gasteiger charge is 2.27. The fourth-order valence-electron chi connectivity index (χ4n) is 2.07. The number of hydrogen-bond acceptors (Lipinski definition) is 4. The Hall–Kier alpha value is -1.40. The molecule has 1 aliphatic rings. The highest BCUT2D eigenvalue weighted by Crippen LogP contribution is 2.07. The Morgan fingerprint density at radius 3 is 2.40 bits per heavy atom. The van der Waals surface area contributed by atoms with Crippen LogP contribution in [-0.2, 0) is 9.59 Å². The Morgan fingerprint density at radius 2 is 1.90 bits per heavy atom. The lowest BCUT2D eigenvalue weighted by atomic mass is 10.0. The minimum absolute atomic E-state index is 0.00996. The van der Waals surface area contributed by atoms with Gasteiger partial charge in [0.2, 0.25) is 11.8 Å². The van der Waals surface area contributed by atoms with Gasteiger partial charge in [0.1, 0.15) is 0 Å². The van der Waals surface area contributed by atoms with Gasteiger partial charge < -0.3 is 16.0 Å². The van der Waals surface area contributed by atoms with Gasteiger partial charge in [0.05, 0.1) is 12.6 Å². The summed E-state index contributed by atoms with van der Waals surface area (Å²) < 4.78 is 0. The molecule has 6 heteroatoms. The van der Waals surface area contributed by atoms with E-state index < -0.39 is 6.04 Å². The first-order valence-electron chi connectivity index (χ1n) is 7.10. The van der Waals surface area contributed by atoms with Gasteiger partial charge in [0.25, 0.3) is 0 Å². The zero-order valence-corrected chi connectivity index (χ0v) is 12.5. The molecule has 0 unspecified atom stereocenters. The van der Waals surface area contributed by atoms with E-state index in [2.05, 4.69) is 11.9 Å². The van der Waals surface area contributed by atoms with Crippen LogP contribution in [0.25, 0.3) is 0 Å². The smallest absolute Gasteiger partial charge is 0.239 e. The van der Waals surface area contributed by atoms with Crippen LogP contribution in [0.15, 0.2) is 12.7 Å². The van der Waals surface area contributed by atoms with Gasteiger partial charge in [-0.15, -0.1) is 6.58 Å². The number of carbonyl (C=O) groups excluding carboxylic acids is 2. The fraction of sp³-hybridized carbons (Fsp3) is 0.714. The van der Waals surface area contributed by atoms with Gasteiger partial charge in [0.15, 0.2) is 0 Å². The van der Waals surface area contributed by atoms with Crippen molar-refractivity contribution in [2.45, 2.75) is 19.9 Å². The zero-order chi connectivity index (χ0) is 15.1. The van der Waals surface area contributed by atoms with Gasteiger partial charge in [-0.05, 0) is 5.92 Å². The van der Waals surface area contributed by atoms with Crippen LogP contribution in [0.4, 0.5) is 0 Å². The molecule has 0 aromatic carbocycles. The van der Waals surface area contributed by atoms with Crippen molar-refractivity contribution in [1.82, 2.24) is 15.1 Å². The third-order valence-electron chi connectivity index (χ3n) is 3.50. The maximum atomic E-state index is 12.1. The highest BCUT2D eigenvalue weighted by atomic mass is 16.2. The second-order valence-electron chi connectivity index (χ2n) is 5.46. The number of nitrogens with zero attached hydrogens (tertiary/aromatic N) is 2. The molecule has 6 nitrogen and oxygen atoms in total. The molecule has 0 radical (unpaired) electrons. The van der Waals surface area contributed by atoms with E-state index in [0.717, 1.165) is 0 Å². The largest absolute Gasteiger partial charge is 0.352 e. The molecule has 1 saturated heterocycles. The van der Waals surface area contributed by atoms with Crippen molar-refractivity contribution in [3.63, 3.8) is 0 Å². The topological polar surface area (TPSA) is 78.7 Å². The Labute approximate surface area is 121 Å². The summed E-state index contributed by atoms with van der Waals surface area (Å²) in [6, 6.07) is -0.433. The molecular weight excluding hydrogens is 256 g/mol. The summed E-state index contributed by atoms with van der Waals surface area (Å²) in [5, 5.41) is 2.75. The number of amides is 2. The summed E-state index contributed by atoms with van der Waals surface area (Å²) in [4.78, 5) is 27.5. The highest BCUT2D eigenvalue weighted by molar-refractivity contribution is 5.82. The fourth-order valence-corrected chi connectivity index (χ4v) is 2.07. The van der Waals surface area contributed by atoms with E-state index in [9.17, 15) is 9.59 Å². The van der Waals surface area contributed by atoms with Crippen LogP contribution < -0.4 is 11.1 Å². The minimum Gasteiger partial charge on any atom is -0.352 e. The van der Waals surface area contributed by atoms with Crippen LogP contribution >= 0.6 is 0 Å². The molecule has 0 aliphatic carbocycles. The number of nitrogens with two attached hydrogens (primary N) is 1. The Balaban J connectivity index is 2.34. The maximum absolute atomic E-state index is 12.1. The predicted molar refractivity (Wildman–Crippen MR) is 79.0 cm³/mol. The summed E-state index contributed by atoms with van der Waals surface area (Å²) in [6.45, 7) is 11.0. The van der Waals surface area contributed by atoms with Crippen molar-refractivity contribution in [2.75, 3.05) is 39.3 Å². The monoisotopic (exact) mass is 282 g/mol. The van der Waals surface area contributed by atoms with Crippen molar-refractivity contribution in [3.8, 4) is 0 Å². The molecule has 114 valence electrons. The second-order valence-corrected chi connectivity index (χ2v) is 5.46. The van der Waals surface area contributed by atoms with E-state index in [0.29, 0.717) is 39.3 Å². The van der Waals surface area contributed by atoms with E-state index in [4.69, 9.17) is 5.73 Å². The van der Waals surface area contributed by atoms with Gasteiger partial charge >= 0.3 is 0 Å². The third-order valence-corrected chi connectivity index (χ3v) is 3.50. The van der Waals surface area contributed by atoms with Crippen LogP contribution in [0.1, 0.15) is 13.8 Å². The standard InChI is InChI=1S/C14H26N4O2/c1-4-5-16-12(19)10-17-6-8-18(9-7-17)14(20)13(15)11(2)3/h4,11,13H,1,5-10,15H2,2-3H3,(H,16,19)/t13-/m0/s1. The normalized spacial score (nSPS) is 17.9. The SMILES string of the molecule is C=CCNC(=O)CN1CCN(C(=O)[C@@H](N)C(C)C)CC1. The summed E-state index contributed by atoms with van der Waals surface area (Å²) >= 11 is 0. The number of hydrogen-bond donors (Lipinski definition) is 2. The Kier molecular flexibility index (Phi) is 6.67. The van der Waals surface area contributed by atoms with Gasteiger partial charge in [-0.1, -0.05) is 19.9 Å². The summed E-state index contributed by atoms with van der Waals surface area (Å²) in [5.41, 5.74) is 5.88. The van der Waals surface area contributed by atoms with Crippen LogP contribution in [0.2, 0.25) is 0 Å². The van der Waals surface area contributed by atoms with Gasteiger partial charge in [-0.2, -0.15) is 0 Å². The summed E-state index contributed by atoms with van der Waals surface area (Å²) in [5.74, 6) is 0.143. The Bertz CT molecular complexity index is 349. The van der Waals surface area contributed by atoms with Gasteiger partial charge in [0, 0.05) is 32.7 Å². The molecule has 0 bridgehead atoms. The molecule has 1 aliphatic heterocycles. The molecule has 3 N–H and O–H groups in total. The lowest BCUT2D eigenvalue weighted by molar-refractivity contribution is -0.135. The number of carbonyl (C=O) groups is 2. The molecule has 0 aromatic rings. The summed E-state index contributed by atoms with van der Waals surface area (Å²) in [7, 11) is 0. The quantitative estimate of drug-likeness (QED) is 0.639. The van der Waals surface area contributed by atoms with Crippen molar-refractivity contribution in [3.05, 3.63) is 12.7 Å². The molecule has 0 spiro atoms. The molecular formula is C14H26N4O2. The lowest BCUT2D eigenvalue weighted by Gasteiger charge is -2.36. The van der Waals surface area contributed by atoms with E-state index >= 15 is 0 Å². The zero-order valence-electron chi connectivity index (χ0n) is 12.5. The molecule has 1 heterocycles. The van der Waals surface area contributed by atoms with Crippen LogP contribution in [-0.4, -0.2) is 66.9 Å². The molecule has 0 aromatic heterocycles. The first kappa shape index (κ1) is 16.7. The second kappa shape index (κ2) is 8.01. The number of rotatable bonds is 6. The predicted octanol–water partition coefficient (Wildman–Crippen LogP) is -0.584. The average molecular weight is 282 g/mol. The van der Waals surface area contributed by atoms with Crippen molar-refractivity contribution in [1.29, 1.82) is 0 Å². The van der Waals surface area contributed by atoms with Crippen LogP contribution in [0.3, 0.4) is 0 Å². The van der Waals surface area contributed by atoms with Crippen molar-refractivity contribution in [2.24, 2.45) is 11.7 Å². The number of nitrogens with one attached hydrogen (secondary N) is 1. The van der Waals surface area contributed by atoms with E-state index in [1.54, 1.807) is 11.0 Å². The number of piperazine rings is 1. The summed E-state index contributed by atoms with van der Waals surface area (Å²) in [6.07, 6.45) is 1.65.